The van der Waals surface area contributed by atoms with Gasteiger partial charge < -0.3 is 0 Å². The van der Waals surface area contributed by atoms with Crippen molar-refractivity contribution in [3.63, 3.8) is 0 Å². The molecule has 0 spiro atoms. The highest BCUT2D eigenvalue weighted by molar-refractivity contribution is 7.09. The zero-order valence-electron chi connectivity index (χ0n) is 4.47. The van der Waals surface area contributed by atoms with E-state index < -0.39 is 0 Å². The van der Waals surface area contributed by atoms with Crippen molar-refractivity contribution in [2.75, 3.05) is 0 Å². The lowest BCUT2D eigenvalue weighted by molar-refractivity contribution is 1.23. The van der Waals surface area contributed by atoms with Gasteiger partial charge >= 0.3 is 0 Å². The molecule has 1 aromatic rings. The summed E-state index contributed by atoms with van der Waals surface area (Å²) in [7, 11) is 0. The van der Waals surface area contributed by atoms with E-state index in [4.69, 9.17) is 16.9 Å². The van der Waals surface area contributed by atoms with Crippen LogP contribution >= 0.6 is 22.9 Å². The van der Waals surface area contributed by atoms with Crippen LogP contribution in [-0.4, -0.2) is 4.98 Å². The van der Waals surface area contributed by atoms with Gasteiger partial charge in [-0.2, -0.15) is 5.26 Å². The summed E-state index contributed by atoms with van der Waals surface area (Å²) in [5.41, 5.74) is 0.454. The lowest BCUT2D eigenvalue weighted by Crippen LogP contribution is -1.74. The summed E-state index contributed by atoms with van der Waals surface area (Å²) in [6, 6.07) is 1.92. The van der Waals surface area contributed by atoms with Crippen molar-refractivity contribution in [2.45, 2.75) is 5.88 Å². The molecule has 2 nitrogen and oxygen atoms in total. The van der Waals surface area contributed by atoms with Gasteiger partial charge in [-0.15, -0.1) is 22.9 Å². The molecule has 9 heavy (non-hydrogen) atoms. The second kappa shape index (κ2) is 2.81. The normalized spacial score (nSPS) is 8.89. The highest BCUT2D eigenvalue weighted by Gasteiger charge is 1.96. The summed E-state index contributed by atoms with van der Waals surface area (Å²) in [4.78, 5) is 3.87. The highest BCUT2D eigenvalue weighted by atomic mass is 35.5. The van der Waals surface area contributed by atoms with E-state index in [1.54, 1.807) is 5.38 Å². The van der Waals surface area contributed by atoms with Crippen molar-refractivity contribution >= 4 is 22.9 Å². The first-order valence-corrected chi connectivity index (χ1v) is 3.68. The highest BCUT2D eigenvalue weighted by Crippen LogP contribution is 2.10. The number of alkyl halides is 1. The fraction of sp³-hybridized carbons (Fsp3) is 0.200. The van der Waals surface area contributed by atoms with Gasteiger partial charge in [0.15, 0.2) is 5.69 Å². The molecule has 0 radical (unpaired) electrons. The number of hydrogen-bond donors (Lipinski definition) is 0. The van der Waals surface area contributed by atoms with Gasteiger partial charge in [0, 0.05) is 5.38 Å². The topological polar surface area (TPSA) is 36.7 Å². The van der Waals surface area contributed by atoms with E-state index in [2.05, 4.69) is 4.98 Å². The van der Waals surface area contributed by atoms with Crippen LogP contribution in [0.1, 0.15) is 10.7 Å². The Labute approximate surface area is 61.7 Å². The Morgan fingerprint density at radius 2 is 2.67 bits per heavy atom. The summed E-state index contributed by atoms with van der Waals surface area (Å²) < 4.78 is 0. The predicted octanol–water partition coefficient (Wildman–Crippen LogP) is 1.75. The Kier molecular flexibility index (Phi) is 2.04. The number of halogens is 1. The van der Waals surface area contributed by atoms with E-state index in [1.807, 2.05) is 6.07 Å². The van der Waals surface area contributed by atoms with E-state index >= 15 is 0 Å². The minimum absolute atomic E-state index is 0.395. The Hall–Kier alpha value is -0.590. The third-order valence-corrected chi connectivity index (χ3v) is 2.04. The molecule has 46 valence electrons. The third-order valence-electron chi connectivity index (χ3n) is 0.781. The largest absolute Gasteiger partial charge is 0.229 e. The van der Waals surface area contributed by atoms with Gasteiger partial charge in [-0.25, -0.2) is 4.98 Å². The van der Waals surface area contributed by atoms with E-state index in [0.29, 0.717) is 11.6 Å². The van der Waals surface area contributed by atoms with Gasteiger partial charge in [0.2, 0.25) is 0 Å². The van der Waals surface area contributed by atoms with E-state index in [-0.39, 0.29) is 0 Å². The van der Waals surface area contributed by atoms with Gasteiger partial charge in [-0.3, -0.25) is 0 Å². The van der Waals surface area contributed by atoms with E-state index in [9.17, 15) is 0 Å². The fourth-order valence-corrected chi connectivity index (χ4v) is 1.24. The van der Waals surface area contributed by atoms with Crippen LogP contribution in [0.2, 0.25) is 0 Å². The van der Waals surface area contributed by atoms with Crippen LogP contribution in [-0.2, 0) is 5.88 Å². The fourth-order valence-electron chi connectivity index (χ4n) is 0.424. The molecular formula is C5H3ClN2S. The molecule has 0 saturated carbocycles. The van der Waals surface area contributed by atoms with Crippen LogP contribution in [0.4, 0.5) is 0 Å². The number of thiazole rings is 1. The third kappa shape index (κ3) is 1.41. The molecule has 1 heterocycles. The van der Waals surface area contributed by atoms with Gasteiger partial charge in [0.25, 0.3) is 0 Å². The first kappa shape index (κ1) is 6.53. The SMILES string of the molecule is N#Cc1csc(CCl)n1. The van der Waals surface area contributed by atoms with Crippen molar-refractivity contribution in [1.82, 2.24) is 4.98 Å². The quantitative estimate of drug-likeness (QED) is 0.584. The van der Waals surface area contributed by atoms with Crippen molar-refractivity contribution < 1.29 is 0 Å². The lowest BCUT2D eigenvalue weighted by Gasteiger charge is -1.76. The van der Waals surface area contributed by atoms with Gasteiger partial charge in [0.05, 0.1) is 5.88 Å². The molecule has 0 bridgehead atoms. The Bertz CT molecular complexity index is 237. The maximum Gasteiger partial charge on any atom is 0.151 e. The second-order valence-electron chi connectivity index (χ2n) is 1.37. The van der Waals surface area contributed by atoms with Gasteiger partial charge in [-0.05, 0) is 0 Å². The molecule has 0 unspecified atom stereocenters. The standard InChI is InChI=1S/C5H3ClN2S/c6-1-5-8-4(2-7)3-9-5/h3H,1H2. The summed E-state index contributed by atoms with van der Waals surface area (Å²) in [5.74, 6) is 0.395. The molecule has 0 aromatic carbocycles. The Balaban J connectivity index is 2.90. The van der Waals surface area contributed by atoms with Crippen molar-refractivity contribution in [2.24, 2.45) is 0 Å². The molecule has 0 amide bonds. The van der Waals surface area contributed by atoms with Crippen LogP contribution in [0.5, 0.6) is 0 Å². The summed E-state index contributed by atoms with van der Waals surface area (Å²) in [5, 5.41) is 10.8. The average Bonchev–Trinajstić information content (AvgIpc) is 2.34. The Morgan fingerprint density at radius 3 is 3.00 bits per heavy atom. The molecular weight excluding hydrogens is 156 g/mol. The molecule has 0 aliphatic heterocycles. The Morgan fingerprint density at radius 1 is 1.89 bits per heavy atom. The van der Waals surface area contributed by atoms with Crippen molar-refractivity contribution in [1.29, 1.82) is 5.26 Å². The minimum Gasteiger partial charge on any atom is -0.229 e. The smallest absolute Gasteiger partial charge is 0.151 e. The number of nitrogens with zero attached hydrogens (tertiary/aromatic N) is 2. The average molecular weight is 159 g/mol. The molecule has 1 rings (SSSR count). The second-order valence-corrected chi connectivity index (χ2v) is 2.58. The molecule has 0 fully saturated rings. The summed E-state index contributed by atoms with van der Waals surface area (Å²) in [6.07, 6.45) is 0. The summed E-state index contributed by atoms with van der Waals surface area (Å²) in [6.45, 7) is 0. The van der Waals surface area contributed by atoms with E-state index in [1.165, 1.54) is 11.3 Å². The molecule has 0 atom stereocenters. The van der Waals surface area contributed by atoms with Crippen LogP contribution < -0.4 is 0 Å². The molecule has 0 aliphatic carbocycles. The molecule has 0 saturated heterocycles. The van der Waals surface area contributed by atoms with E-state index in [0.717, 1.165) is 5.01 Å². The predicted molar refractivity (Wildman–Crippen MR) is 36.4 cm³/mol. The first-order chi connectivity index (χ1) is 4.36. The van der Waals surface area contributed by atoms with Crippen LogP contribution in [0.15, 0.2) is 5.38 Å². The van der Waals surface area contributed by atoms with Crippen LogP contribution in [0, 0.1) is 11.3 Å². The number of aromatic nitrogens is 1. The monoisotopic (exact) mass is 158 g/mol. The zero-order valence-corrected chi connectivity index (χ0v) is 6.04. The molecule has 0 aliphatic rings. The molecule has 0 N–H and O–H groups in total. The summed E-state index contributed by atoms with van der Waals surface area (Å²) >= 11 is 6.84. The number of nitriles is 1. The first-order valence-electron chi connectivity index (χ1n) is 2.27. The number of rotatable bonds is 1. The van der Waals surface area contributed by atoms with Crippen LogP contribution in [0.25, 0.3) is 0 Å². The minimum atomic E-state index is 0.395. The maximum absolute atomic E-state index is 8.30. The molecule has 4 heteroatoms. The van der Waals surface area contributed by atoms with Crippen molar-refractivity contribution in [3.8, 4) is 6.07 Å². The molecule has 1 aromatic heterocycles. The lowest BCUT2D eigenvalue weighted by atomic mass is 10.6. The van der Waals surface area contributed by atoms with Gasteiger partial charge in [-0.1, -0.05) is 0 Å². The van der Waals surface area contributed by atoms with Gasteiger partial charge in [0.1, 0.15) is 11.1 Å². The van der Waals surface area contributed by atoms with Crippen molar-refractivity contribution in [3.05, 3.63) is 16.1 Å². The number of hydrogen-bond acceptors (Lipinski definition) is 3. The van der Waals surface area contributed by atoms with Crippen LogP contribution in [0.3, 0.4) is 0 Å². The zero-order chi connectivity index (χ0) is 6.69. The maximum atomic E-state index is 8.30.